The molecule has 1 amide bonds. The van der Waals surface area contributed by atoms with Crippen molar-refractivity contribution in [2.45, 2.75) is 13.0 Å². The fourth-order valence-corrected chi connectivity index (χ4v) is 2.11. The van der Waals surface area contributed by atoms with Gasteiger partial charge in [-0.05, 0) is 30.2 Å². The Morgan fingerprint density at radius 1 is 1.15 bits per heavy atom. The van der Waals surface area contributed by atoms with Crippen molar-refractivity contribution in [2.75, 3.05) is 6.54 Å². The van der Waals surface area contributed by atoms with Crippen LogP contribution in [0.1, 0.15) is 27.6 Å². The van der Waals surface area contributed by atoms with E-state index in [0.717, 1.165) is 11.1 Å². The highest BCUT2D eigenvalue weighted by molar-refractivity contribution is 5.95. The Balaban J connectivity index is 2.32. The highest BCUT2D eigenvalue weighted by Gasteiger charge is 2.16. The number of nitrogens with two attached hydrogens (primary N) is 2. The van der Waals surface area contributed by atoms with Crippen molar-refractivity contribution < 1.29 is 9.53 Å². The molecule has 1 unspecified atom stereocenters. The molecule has 0 aliphatic heterocycles. The number of primary amides is 1. The number of hydrogen-bond donors (Lipinski definition) is 2. The van der Waals surface area contributed by atoms with E-state index in [2.05, 4.69) is 0 Å². The van der Waals surface area contributed by atoms with Crippen LogP contribution in [0.5, 0.6) is 5.75 Å². The third-order valence-electron chi connectivity index (χ3n) is 3.17. The molecule has 0 radical (unpaired) electrons. The van der Waals surface area contributed by atoms with Gasteiger partial charge in [0.15, 0.2) is 0 Å². The maximum atomic E-state index is 11.4. The van der Waals surface area contributed by atoms with Crippen LogP contribution in [0, 0.1) is 6.92 Å². The second-order valence-corrected chi connectivity index (χ2v) is 4.56. The fraction of sp³-hybridized carbons (Fsp3) is 0.188. The van der Waals surface area contributed by atoms with E-state index < -0.39 is 5.91 Å². The maximum absolute atomic E-state index is 11.4. The van der Waals surface area contributed by atoms with E-state index >= 15 is 0 Å². The van der Waals surface area contributed by atoms with E-state index in [-0.39, 0.29) is 6.10 Å². The lowest BCUT2D eigenvalue weighted by molar-refractivity contribution is 0.0993. The number of rotatable bonds is 5. The normalized spacial score (nSPS) is 11.9. The largest absolute Gasteiger partial charge is 0.484 e. The Kier molecular flexibility index (Phi) is 4.38. The van der Waals surface area contributed by atoms with Crippen molar-refractivity contribution >= 4 is 5.91 Å². The van der Waals surface area contributed by atoms with Crippen LogP contribution in [0.25, 0.3) is 0 Å². The van der Waals surface area contributed by atoms with Gasteiger partial charge in [-0.15, -0.1) is 0 Å². The van der Waals surface area contributed by atoms with Gasteiger partial charge in [-0.1, -0.05) is 36.4 Å². The Morgan fingerprint density at radius 2 is 1.80 bits per heavy atom. The van der Waals surface area contributed by atoms with Gasteiger partial charge in [-0.25, -0.2) is 0 Å². The number of amides is 1. The molecule has 0 saturated heterocycles. The van der Waals surface area contributed by atoms with Crippen molar-refractivity contribution in [1.29, 1.82) is 0 Å². The zero-order valence-corrected chi connectivity index (χ0v) is 11.4. The van der Waals surface area contributed by atoms with Crippen LogP contribution >= 0.6 is 0 Å². The number of ether oxygens (including phenoxy) is 1. The first-order valence-electron chi connectivity index (χ1n) is 6.44. The Bertz CT molecular complexity index is 611. The minimum atomic E-state index is -0.513. The van der Waals surface area contributed by atoms with E-state index in [1.807, 2.05) is 31.2 Å². The van der Waals surface area contributed by atoms with Gasteiger partial charge in [0, 0.05) is 6.54 Å². The summed E-state index contributed by atoms with van der Waals surface area (Å²) < 4.78 is 5.90. The van der Waals surface area contributed by atoms with Crippen LogP contribution in [0.4, 0.5) is 0 Å². The minimum Gasteiger partial charge on any atom is -0.484 e. The van der Waals surface area contributed by atoms with E-state index in [1.165, 1.54) is 0 Å². The smallest absolute Gasteiger partial charge is 0.252 e. The maximum Gasteiger partial charge on any atom is 0.252 e. The molecule has 2 aromatic carbocycles. The summed E-state index contributed by atoms with van der Waals surface area (Å²) >= 11 is 0. The monoisotopic (exact) mass is 270 g/mol. The molecular formula is C16H18N2O2. The molecule has 20 heavy (non-hydrogen) atoms. The van der Waals surface area contributed by atoms with Gasteiger partial charge in [-0.3, -0.25) is 4.79 Å². The number of hydrogen-bond acceptors (Lipinski definition) is 3. The molecule has 4 N–H and O–H groups in total. The fourth-order valence-electron chi connectivity index (χ4n) is 2.11. The second kappa shape index (κ2) is 6.21. The molecule has 1 atom stereocenters. The molecule has 4 nitrogen and oxygen atoms in total. The van der Waals surface area contributed by atoms with Crippen LogP contribution < -0.4 is 16.2 Å². The summed E-state index contributed by atoms with van der Waals surface area (Å²) in [6.07, 6.45) is -0.309. The number of carbonyl (C=O) groups is 1. The Morgan fingerprint density at radius 3 is 2.45 bits per heavy atom. The van der Waals surface area contributed by atoms with E-state index in [1.54, 1.807) is 24.3 Å². The second-order valence-electron chi connectivity index (χ2n) is 4.56. The third kappa shape index (κ3) is 2.97. The van der Waals surface area contributed by atoms with Gasteiger partial charge in [0.05, 0.1) is 5.56 Å². The summed E-state index contributed by atoms with van der Waals surface area (Å²) in [6, 6.07) is 14.8. The van der Waals surface area contributed by atoms with Crippen molar-refractivity contribution in [3.63, 3.8) is 0 Å². The number of benzene rings is 2. The molecule has 0 saturated carbocycles. The number of carbonyl (C=O) groups excluding carboxylic acids is 1. The molecule has 104 valence electrons. The molecule has 0 aliphatic carbocycles. The average Bonchev–Trinajstić information content (AvgIpc) is 2.46. The van der Waals surface area contributed by atoms with E-state index in [4.69, 9.17) is 16.2 Å². The first kappa shape index (κ1) is 14.1. The van der Waals surface area contributed by atoms with E-state index in [9.17, 15) is 4.79 Å². The minimum absolute atomic E-state index is 0.309. The molecule has 0 aromatic heterocycles. The van der Waals surface area contributed by atoms with Gasteiger partial charge in [0.25, 0.3) is 5.91 Å². The highest BCUT2D eigenvalue weighted by Crippen LogP contribution is 2.26. The zero-order valence-electron chi connectivity index (χ0n) is 11.4. The predicted octanol–water partition coefficient (Wildman–Crippen LogP) is 2.17. The van der Waals surface area contributed by atoms with Crippen LogP contribution in [0.2, 0.25) is 0 Å². The highest BCUT2D eigenvalue weighted by atomic mass is 16.5. The first-order chi connectivity index (χ1) is 9.63. The summed E-state index contributed by atoms with van der Waals surface area (Å²) in [5, 5.41) is 0. The zero-order chi connectivity index (χ0) is 14.5. The Hall–Kier alpha value is -2.33. The van der Waals surface area contributed by atoms with E-state index in [0.29, 0.717) is 17.9 Å². The quantitative estimate of drug-likeness (QED) is 0.874. The molecule has 2 aromatic rings. The van der Waals surface area contributed by atoms with Crippen LogP contribution in [0.15, 0.2) is 48.5 Å². The SMILES string of the molecule is Cc1ccccc1C(CN)Oc1ccccc1C(N)=O. The lowest BCUT2D eigenvalue weighted by Gasteiger charge is -2.20. The first-order valence-corrected chi connectivity index (χ1v) is 6.44. The number of aryl methyl sites for hydroxylation is 1. The van der Waals surface area contributed by atoms with Crippen LogP contribution in [-0.2, 0) is 0 Å². The third-order valence-corrected chi connectivity index (χ3v) is 3.17. The molecule has 0 heterocycles. The lowest BCUT2D eigenvalue weighted by atomic mass is 10.0. The summed E-state index contributed by atoms with van der Waals surface area (Å²) in [5.41, 5.74) is 13.6. The summed E-state index contributed by atoms with van der Waals surface area (Å²) in [6.45, 7) is 2.32. The number of para-hydroxylation sites is 1. The van der Waals surface area contributed by atoms with Gasteiger partial charge in [0.1, 0.15) is 11.9 Å². The van der Waals surface area contributed by atoms with Gasteiger partial charge < -0.3 is 16.2 Å². The topological polar surface area (TPSA) is 78.3 Å². The molecule has 4 heteroatoms. The standard InChI is InChI=1S/C16H18N2O2/c1-11-6-2-3-7-12(11)15(10-17)20-14-9-5-4-8-13(14)16(18)19/h2-9,15H,10,17H2,1H3,(H2,18,19). The molecule has 0 spiro atoms. The molecular weight excluding hydrogens is 252 g/mol. The summed E-state index contributed by atoms with van der Waals surface area (Å²) in [5.74, 6) is -0.0557. The van der Waals surface area contributed by atoms with Crippen molar-refractivity contribution in [1.82, 2.24) is 0 Å². The van der Waals surface area contributed by atoms with Gasteiger partial charge in [0.2, 0.25) is 0 Å². The van der Waals surface area contributed by atoms with Crippen molar-refractivity contribution in [3.8, 4) is 5.75 Å². The summed E-state index contributed by atoms with van der Waals surface area (Å²) in [4.78, 5) is 11.4. The van der Waals surface area contributed by atoms with Gasteiger partial charge in [-0.2, -0.15) is 0 Å². The summed E-state index contributed by atoms with van der Waals surface area (Å²) in [7, 11) is 0. The molecule has 0 aliphatic rings. The Labute approximate surface area is 118 Å². The lowest BCUT2D eigenvalue weighted by Crippen LogP contribution is -2.21. The van der Waals surface area contributed by atoms with Crippen LogP contribution in [0.3, 0.4) is 0 Å². The van der Waals surface area contributed by atoms with Crippen molar-refractivity contribution in [2.24, 2.45) is 11.5 Å². The predicted molar refractivity (Wildman–Crippen MR) is 78.6 cm³/mol. The van der Waals surface area contributed by atoms with Gasteiger partial charge >= 0.3 is 0 Å². The molecule has 0 bridgehead atoms. The average molecular weight is 270 g/mol. The van der Waals surface area contributed by atoms with Crippen LogP contribution in [-0.4, -0.2) is 12.5 Å². The molecule has 0 fully saturated rings. The van der Waals surface area contributed by atoms with Crippen molar-refractivity contribution in [3.05, 3.63) is 65.2 Å². The molecule has 2 rings (SSSR count).